The van der Waals surface area contributed by atoms with Gasteiger partial charge in [-0.15, -0.1) is 0 Å². The fraction of sp³-hybridized carbons (Fsp3) is 0.143. The predicted octanol–water partition coefficient (Wildman–Crippen LogP) is 4.68. The average molecular weight is 411 g/mol. The summed E-state index contributed by atoms with van der Waals surface area (Å²) in [5, 5.41) is 6.93. The Morgan fingerprint density at radius 3 is 2.57 bits per heavy atom. The van der Waals surface area contributed by atoms with Crippen molar-refractivity contribution in [1.29, 1.82) is 0 Å². The van der Waals surface area contributed by atoms with Gasteiger partial charge < -0.3 is 5.32 Å². The van der Waals surface area contributed by atoms with E-state index in [1.54, 1.807) is 6.07 Å². The number of imidazole rings is 1. The zero-order valence-corrected chi connectivity index (χ0v) is 16.0. The number of hydrogen-bond donors (Lipinski definition) is 1. The number of nitrogens with one attached hydrogen (secondary N) is 1. The number of halogens is 3. The number of aryl methyl sites for hydroxylation is 2. The van der Waals surface area contributed by atoms with E-state index in [1.807, 2.05) is 19.9 Å². The number of rotatable bonds is 3. The van der Waals surface area contributed by atoms with Crippen LogP contribution in [0.25, 0.3) is 16.9 Å². The quantitative estimate of drug-likeness (QED) is 0.531. The van der Waals surface area contributed by atoms with Gasteiger partial charge in [0.2, 0.25) is 0 Å². The molecule has 0 aliphatic rings. The van der Waals surface area contributed by atoms with E-state index < -0.39 is 17.6 Å². The molecule has 6 nitrogen and oxygen atoms in total. The highest BCUT2D eigenvalue weighted by molar-refractivity contribution is 6.02. The highest BCUT2D eigenvalue weighted by atomic mass is 19.4. The molecule has 9 heteroatoms. The summed E-state index contributed by atoms with van der Waals surface area (Å²) in [5.41, 5.74) is 1.28. The molecule has 1 aromatic carbocycles. The normalized spacial score (nSPS) is 11.6. The number of amides is 1. The lowest BCUT2D eigenvalue weighted by atomic mass is 10.0. The first-order chi connectivity index (χ1) is 14.2. The molecule has 3 heterocycles. The summed E-state index contributed by atoms with van der Waals surface area (Å²) in [6.07, 6.45) is -3.21. The largest absolute Gasteiger partial charge is 0.417 e. The molecule has 0 unspecified atom stereocenters. The number of anilines is 1. The summed E-state index contributed by atoms with van der Waals surface area (Å²) in [5.74, 6) is -0.153. The summed E-state index contributed by atoms with van der Waals surface area (Å²) in [6.45, 7) is 3.69. The van der Waals surface area contributed by atoms with Crippen LogP contribution in [0.4, 0.5) is 19.0 Å². The van der Waals surface area contributed by atoms with Crippen LogP contribution in [0.1, 0.15) is 27.3 Å². The van der Waals surface area contributed by atoms with E-state index >= 15 is 0 Å². The summed E-state index contributed by atoms with van der Waals surface area (Å²) in [4.78, 5) is 21.1. The Bertz CT molecular complexity index is 1240. The van der Waals surface area contributed by atoms with Gasteiger partial charge in [-0.3, -0.25) is 4.79 Å². The Kier molecular flexibility index (Phi) is 4.73. The van der Waals surface area contributed by atoms with Gasteiger partial charge in [0.25, 0.3) is 5.91 Å². The van der Waals surface area contributed by atoms with Crippen molar-refractivity contribution in [3.63, 3.8) is 0 Å². The number of alkyl halides is 3. The first-order valence-corrected chi connectivity index (χ1v) is 9.00. The molecule has 0 spiro atoms. The lowest BCUT2D eigenvalue weighted by Crippen LogP contribution is -2.17. The number of pyridine rings is 1. The molecule has 4 aromatic rings. The van der Waals surface area contributed by atoms with Gasteiger partial charge in [0.1, 0.15) is 5.82 Å². The molecular formula is C21H16F3N5O. The van der Waals surface area contributed by atoms with Crippen molar-refractivity contribution in [1.82, 2.24) is 19.6 Å². The average Bonchev–Trinajstić information content (AvgIpc) is 3.10. The van der Waals surface area contributed by atoms with Crippen molar-refractivity contribution in [3.8, 4) is 11.3 Å². The standard InChI is InChI=1S/C21H16F3N5O/c1-12-9-13(2)26-18(10-12)27-20(30)17-11-25-19-8-7-16(28-29(17)19)14-5-3-4-6-15(14)21(22,23)24/h3-11H,1-2H3,(H,26,27,30). The van der Waals surface area contributed by atoms with Crippen LogP contribution in [-0.2, 0) is 6.18 Å². The van der Waals surface area contributed by atoms with E-state index in [2.05, 4.69) is 20.4 Å². The molecule has 152 valence electrons. The minimum absolute atomic E-state index is 0.0759. The van der Waals surface area contributed by atoms with Crippen LogP contribution in [0.3, 0.4) is 0 Å². The van der Waals surface area contributed by atoms with Crippen LogP contribution in [0.2, 0.25) is 0 Å². The van der Waals surface area contributed by atoms with E-state index in [-0.39, 0.29) is 17.0 Å². The van der Waals surface area contributed by atoms with E-state index in [1.165, 1.54) is 41.0 Å². The molecule has 0 fully saturated rings. The van der Waals surface area contributed by atoms with Crippen LogP contribution in [-0.4, -0.2) is 25.5 Å². The Hall–Kier alpha value is -3.75. The third-order valence-corrected chi connectivity index (χ3v) is 4.44. The molecule has 0 bridgehead atoms. The van der Waals surface area contributed by atoms with E-state index in [4.69, 9.17) is 0 Å². The van der Waals surface area contributed by atoms with Crippen molar-refractivity contribution < 1.29 is 18.0 Å². The van der Waals surface area contributed by atoms with E-state index in [0.29, 0.717) is 11.5 Å². The Balaban J connectivity index is 1.75. The van der Waals surface area contributed by atoms with E-state index in [0.717, 1.165) is 17.3 Å². The fourth-order valence-corrected chi connectivity index (χ4v) is 3.21. The number of nitrogens with zero attached hydrogens (tertiary/aromatic N) is 4. The van der Waals surface area contributed by atoms with Crippen molar-refractivity contribution in [2.24, 2.45) is 0 Å². The Morgan fingerprint density at radius 2 is 1.83 bits per heavy atom. The minimum atomic E-state index is -4.53. The number of hydrogen-bond acceptors (Lipinski definition) is 4. The SMILES string of the molecule is Cc1cc(C)nc(NC(=O)c2cnc3ccc(-c4ccccc4C(F)(F)F)nn23)c1. The van der Waals surface area contributed by atoms with Crippen molar-refractivity contribution in [3.05, 3.63) is 77.2 Å². The van der Waals surface area contributed by atoms with Crippen molar-refractivity contribution >= 4 is 17.4 Å². The molecular weight excluding hydrogens is 395 g/mol. The van der Waals surface area contributed by atoms with E-state index in [9.17, 15) is 18.0 Å². The summed E-state index contributed by atoms with van der Waals surface area (Å²) in [7, 11) is 0. The predicted molar refractivity (Wildman–Crippen MR) is 105 cm³/mol. The lowest BCUT2D eigenvalue weighted by Gasteiger charge is -2.12. The molecule has 0 aliphatic heterocycles. The van der Waals surface area contributed by atoms with Crippen molar-refractivity contribution in [2.75, 3.05) is 5.32 Å². The third kappa shape index (κ3) is 3.73. The number of carbonyl (C=O) groups is 1. The van der Waals surface area contributed by atoms with Crippen LogP contribution in [0.15, 0.2) is 54.7 Å². The van der Waals surface area contributed by atoms with Crippen LogP contribution < -0.4 is 5.32 Å². The highest BCUT2D eigenvalue weighted by Crippen LogP contribution is 2.36. The maximum atomic E-state index is 13.4. The molecule has 0 radical (unpaired) electrons. The summed E-state index contributed by atoms with van der Waals surface area (Å²) >= 11 is 0. The first kappa shape index (κ1) is 19.6. The fourth-order valence-electron chi connectivity index (χ4n) is 3.21. The third-order valence-electron chi connectivity index (χ3n) is 4.44. The zero-order valence-electron chi connectivity index (χ0n) is 16.0. The monoisotopic (exact) mass is 411 g/mol. The highest BCUT2D eigenvalue weighted by Gasteiger charge is 2.33. The molecule has 0 saturated heterocycles. The maximum absolute atomic E-state index is 13.4. The Morgan fingerprint density at radius 1 is 1.07 bits per heavy atom. The van der Waals surface area contributed by atoms with Gasteiger partial charge in [0.05, 0.1) is 17.5 Å². The van der Waals surface area contributed by atoms with Gasteiger partial charge in [-0.2, -0.15) is 18.3 Å². The molecule has 1 N–H and O–H groups in total. The topological polar surface area (TPSA) is 72.2 Å². The van der Waals surface area contributed by atoms with Gasteiger partial charge in [0, 0.05) is 11.3 Å². The van der Waals surface area contributed by atoms with Gasteiger partial charge in [-0.1, -0.05) is 18.2 Å². The second-order valence-corrected chi connectivity index (χ2v) is 6.80. The smallest absolute Gasteiger partial charge is 0.305 e. The second kappa shape index (κ2) is 7.25. The van der Waals surface area contributed by atoms with Gasteiger partial charge in [-0.25, -0.2) is 14.5 Å². The lowest BCUT2D eigenvalue weighted by molar-refractivity contribution is -0.137. The molecule has 30 heavy (non-hydrogen) atoms. The first-order valence-electron chi connectivity index (χ1n) is 9.00. The minimum Gasteiger partial charge on any atom is -0.305 e. The van der Waals surface area contributed by atoms with Gasteiger partial charge in [-0.05, 0) is 49.7 Å². The number of fused-ring (bicyclic) bond motifs is 1. The number of aromatic nitrogens is 4. The summed E-state index contributed by atoms with van der Waals surface area (Å²) < 4.78 is 41.4. The van der Waals surface area contributed by atoms with Gasteiger partial charge in [0.15, 0.2) is 11.3 Å². The maximum Gasteiger partial charge on any atom is 0.417 e. The zero-order chi connectivity index (χ0) is 21.5. The molecule has 1 amide bonds. The Labute approximate surface area is 169 Å². The molecule has 0 saturated carbocycles. The molecule has 3 aromatic heterocycles. The van der Waals surface area contributed by atoms with Gasteiger partial charge >= 0.3 is 6.18 Å². The molecule has 0 atom stereocenters. The van der Waals surface area contributed by atoms with Crippen LogP contribution in [0, 0.1) is 13.8 Å². The van der Waals surface area contributed by atoms with Crippen LogP contribution >= 0.6 is 0 Å². The van der Waals surface area contributed by atoms with Crippen LogP contribution in [0.5, 0.6) is 0 Å². The summed E-state index contributed by atoms with van der Waals surface area (Å²) in [6, 6.07) is 11.7. The molecule has 0 aliphatic carbocycles. The van der Waals surface area contributed by atoms with Crippen molar-refractivity contribution in [2.45, 2.75) is 20.0 Å². The number of benzene rings is 1. The molecule has 4 rings (SSSR count). The number of carbonyl (C=O) groups excluding carboxylic acids is 1. The second-order valence-electron chi connectivity index (χ2n) is 6.80.